The van der Waals surface area contributed by atoms with E-state index in [9.17, 15) is 9.59 Å². The third kappa shape index (κ3) is 2.70. The van der Waals surface area contributed by atoms with Crippen LogP contribution in [0.4, 0.5) is 0 Å². The number of hydrogen-bond acceptors (Lipinski definition) is 3. The molecular weight excluding hydrogens is 240 g/mol. The Morgan fingerprint density at radius 2 is 1.84 bits per heavy atom. The molecule has 2 atom stereocenters. The number of hydrogen-bond donors (Lipinski definition) is 0. The summed E-state index contributed by atoms with van der Waals surface area (Å²) < 4.78 is 5.35. The molecule has 0 amide bonds. The van der Waals surface area contributed by atoms with E-state index in [0.29, 0.717) is 13.0 Å². The van der Waals surface area contributed by atoms with Gasteiger partial charge < -0.3 is 4.74 Å². The maximum Gasteiger partial charge on any atom is 0.309 e. The van der Waals surface area contributed by atoms with Gasteiger partial charge in [0.15, 0.2) is 0 Å². The Morgan fingerprint density at radius 3 is 2.37 bits per heavy atom. The van der Waals surface area contributed by atoms with Crippen molar-refractivity contribution in [3.63, 3.8) is 0 Å². The van der Waals surface area contributed by atoms with E-state index in [1.54, 1.807) is 6.92 Å². The van der Waals surface area contributed by atoms with Crippen LogP contribution in [0.3, 0.4) is 0 Å². The number of carbonyl (C=O) groups is 2. The molecule has 0 heterocycles. The number of ketones is 1. The zero-order valence-electron chi connectivity index (χ0n) is 11.7. The third-order valence-electron chi connectivity index (χ3n) is 4.27. The summed E-state index contributed by atoms with van der Waals surface area (Å²) in [4.78, 5) is 23.5. The molecule has 3 nitrogen and oxygen atoms in total. The van der Waals surface area contributed by atoms with E-state index in [1.807, 2.05) is 44.2 Å². The van der Waals surface area contributed by atoms with Crippen molar-refractivity contribution in [2.24, 2.45) is 17.3 Å². The minimum atomic E-state index is -0.278. The Labute approximate surface area is 114 Å². The van der Waals surface area contributed by atoms with Crippen molar-refractivity contribution in [2.45, 2.75) is 33.8 Å². The molecule has 1 aromatic rings. The highest BCUT2D eigenvalue weighted by molar-refractivity contribution is 5.85. The van der Waals surface area contributed by atoms with Gasteiger partial charge in [-0.25, -0.2) is 0 Å². The number of esters is 1. The monoisotopic (exact) mass is 260 g/mol. The van der Waals surface area contributed by atoms with Crippen LogP contribution in [0.25, 0.3) is 0 Å². The molecule has 0 saturated heterocycles. The second kappa shape index (κ2) is 5.16. The predicted octanol–water partition coefficient (Wildman–Crippen LogP) is 2.98. The van der Waals surface area contributed by atoms with Crippen molar-refractivity contribution in [1.29, 1.82) is 0 Å². The van der Waals surface area contributed by atoms with Gasteiger partial charge in [-0.2, -0.15) is 0 Å². The third-order valence-corrected chi connectivity index (χ3v) is 4.27. The van der Waals surface area contributed by atoms with Crippen LogP contribution in [0.2, 0.25) is 0 Å². The summed E-state index contributed by atoms with van der Waals surface area (Å²) in [5.74, 6) is -0.199. The van der Waals surface area contributed by atoms with E-state index in [4.69, 9.17) is 4.74 Å². The number of Topliss-reactive ketones (excluding diaryl/α,β-unsaturated/α-hetero) is 1. The first-order valence-corrected chi connectivity index (χ1v) is 6.64. The van der Waals surface area contributed by atoms with Crippen LogP contribution in [-0.2, 0) is 20.9 Å². The molecule has 1 aliphatic carbocycles. The zero-order valence-corrected chi connectivity index (χ0v) is 11.7. The highest BCUT2D eigenvalue weighted by Crippen LogP contribution is 2.52. The number of ether oxygens (including phenoxy) is 1. The maximum absolute atomic E-state index is 12.0. The summed E-state index contributed by atoms with van der Waals surface area (Å²) in [6.07, 6.45) is 0.621. The van der Waals surface area contributed by atoms with E-state index in [2.05, 4.69) is 0 Å². The standard InChI is InChI=1S/C16H20O3/c1-11(17)13-9-14(16(13,2)3)15(18)19-10-12-7-5-4-6-8-12/h4-8,13-14H,9-10H2,1-3H3. The van der Waals surface area contributed by atoms with Gasteiger partial charge in [0, 0.05) is 5.92 Å². The summed E-state index contributed by atoms with van der Waals surface area (Å²) in [5, 5.41) is 0. The maximum atomic E-state index is 12.0. The summed E-state index contributed by atoms with van der Waals surface area (Å²) in [7, 11) is 0. The lowest BCUT2D eigenvalue weighted by Crippen LogP contribution is -2.52. The summed E-state index contributed by atoms with van der Waals surface area (Å²) in [6, 6.07) is 9.62. The molecule has 0 spiro atoms. The average Bonchev–Trinajstić information content (AvgIpc) is 2.36. The lowest BCUT2D eigenvalue weighted by atomic mass is 9.53. The zero-order chi connectivity index (χ0) is 14.0. The molecule has 3 heteroatoms. The Balaban J connectivity index is 1.90. The highest BCUT2D eigenvalue weighted by Gasteiger charge is 2.54. The van der Waals surface area contributed by atoms with Gasteiger partial charge in [0.1, 0.15) is 12.4 Å². The fraction of sp³-hybridized carbons (Fsp3) is 0.500. The van der Waals surface area contributed by atoms with Gasteiger partial charge in [-0.3, -0.25) is 9.59 Å². The van der Waals surface area contributed by atoms with Crippen molar-refractivity contribution < 1.29 is 14.3 Å². The lowest BCUT2D eigenvalue weighted by Gasteiger charge is -2.49. The van der Waals surface area contributed by atoms with Crippen LogP contribution in [0.5, 0.6) is 0 Å². The van der Waals surface area contributed by atoms with Crippen LogP contribution in [-0.4, -0.2) is 11.8 Å². The van der Waals surface area contributed by atoms with Gasteiger partial charge in [-0.05, 0) is 24.3 Å². The summed E-state index contributed by atoms with van der Waals surface area (Å²) in [6.45, 7) is 5.84. The van der Waals surface area contributed by atoms with E-state index >= 15 is 0 Å². The molecule has 2 rings (SSSR count). The van der Waals surface area contributed by atoms with Crippen LogP contribution in [0.15, 0.2) is 30.3 Å². The molecule has 0 bridgehead atoms. The molecule has 0 radical (unpaired) electrons. The summed E-state index contributed by atoms with van der Waals surface area (Å²) >= 11 is 0. The second-order valence-electron chi connectivity index (χ2n) is 5.87. The number of benzene rings is 1. The largest absolute Gasteiger partial charge is 0.461 e. The van der Waals surface area contributed by atoms with Gasteiger partial charge in [0.05, 0.1) is 5.92 Å². The molecule has 1 aromatic carbocycles. The molecule has 0 aliphatic heterocycles. The van der Waals surface area contributed by atoms with Crippen molar-refractivity contribution in [1.82, 2.24) is 0 Å². The lowest BCUT2D eigenvalue weighted by molar-refractivity contribution is -0.169. The van der Waals surface area contributed by atoms with Gasteiger partial charge in [-0.1, -0.05) is 44.2 Å². The number of carbonyl (C=O) groups excluding carboxylic acids is 2. The molecule has 1 saturated carbocycles. The van der Waals surface area contributed by atoms with Gasteiger partial charge >= 0.3 is 5.97 Å². The molecule has 2 unspecified atom stereocenters. The fourth-order valence-corrected chi connectivity index (χ4v) is 2.84. The Bertz CT molecular complexity index is 476. The van der Waals surface area contributed by atoms with E-state index in [1.165, 1.54) is 0 Å². The van der Waals surface area contributed by atoms with E-state index < -0.39 is 0 Å². The van der Waals surface area contributed by atoms with Crippen molar-refractivity contribution in [3.8, 4) is 0 Å². The van der Waals surface area contributed by atoms with Gasteiger partial charge in [0.2, 0.25) is 0 Å². The Hall–Kier alpha value is -1.64. The van der Waals surface area contributed by atoms with Crippen LogP contribution < -0.4 is 0 Å². The van der Waals surface area contributed by atoms with Crippen LogP contribution in [0.1, 0.15) is 32.8 Å². The second-order valence-corrected chi connectivity index (χ2v) is 5.87. The molecule has 0 N–H and O–H groups in total. The topological polar surface area (TPSA) is 43.4 Å². The Kier molecular flexibility index (Phi) is 3.74. The van der Waals surface area contributed by atoms with Crippen LogP contribution in [0, 0.1) is 17.3 Å². The fourth-order valence-electron chi connectivity index (χ4n) is 2.84. The molecule has 1 fully saturated rings. The minimum Gasteiger partial charge on any atom is -0.461 e. The highest BCUT2D eigenvalue weighted by atomic mass is 16.5. The van der Waals surface area contributed by atoms with Crippen molar-refractivity contribution >= 4 is 11.8 Å². The SMILES string of the molecule is CC(=O)C1CC(C(=O)OCc2ccccc2)C1(C)C. The quantitative estimate of drug-likeness (QED) is 0.782. The van der Waals surface area contributed by atoms with Crippen molar-refractivity contribution in [2.75, 3.05) is 0 Å². The van der Waals surface area contributed by atoms with E-state index in [-0.39, 0.29) is 29.0 Å². The van der Waals surface area contributed by atoms with Gasteiger partial charge in [0.25, 0.3) is 0 Å². The first-order chi connectivity index (χ1) is 8.93. The first-order valence-electron chi connectivity index (χ1n) is 6.64. The van der Waals surface area contributed by atoms with Gasteiger partial charge in [-0.15, -0.1) is 0 Å². The molecule has 1 aliphatic rings. The molecule has 0 aromatic heterocycles. The number of rotatable bonds is 4. The van der Waals surface area contributed by atoms with Crippen LogP contribution >= 0.6 is 0 Å². The Morgan fingerprint density at radius 1 is 1.21 bits per heavy atom. The molecular formula is C16H20O3. The first kappa shape index (κ1) is 13.8. The molecule has 102 valence electrons. The summed E-state index contributed by atoms with van der Waals surface area (Å²) in [5.41, 5.74) is 0.704. The normalized spacial score (nSPS) is 24.4. The average molecular weight is 260 g/mol. The molecule has 19 heavy (non-hydrogen) atoms. The minimum absolute atomic E-state index is 0.0122. The van der Waals surface area contributed by atoms with E-state index in [0.717, 1.165) is 5.56 Å². The van der Waals surface area contributed by atoms with Crippen molar-refractivity contribution in [3.05, 3.63) is 35.9 Å². The smallest absolute Gasteiger partial charge is 0.309 e. The predicted molar refractivity (Wildman–Crippen MR) is 72.3 cm³/mol.